The Morgan fingerprint density at radius 2 is 1.88 bits per heavy atom. The number of aryl methyl sites for hydroxylation is 2. The van der Waals surface area contributed by atoms with Gasteiger partial charge in [-0.1, -0.05) is 29.3 Å². The molecular formula is C24H21Cl2N5O2. The van der Waals surface area contributed by atoms with Crippen molar-refractivity contribution in [3.05, 3.63) is 79.8 Å². The fourth-order valence-electron chi connectivity index (χ4n) is 3.82. The summed E-state index contributed by atoms with van der Waals surface area (Å²) in [5.74, 6) is -0.115. The molecule has 1 aliphatic rings. The molecule has 0 atom stereocenters. The predicted molar refractivity (Wildman–Crippen MR) is 130 cm³/mol. The topological polar surface area (TPSA) is 81.8 Å². The highest BCUT2D eigenvalue weighted by atomic mass is 35.5. The molecule has 168 valence electrons. The number of rotatable bonds is 5. The van der Waals surface area contributed by atoms with E-state index in [2.05, 4.69) is 15.5 Å². The van der Waals surface area contributed by atoms with Gasteiger partial charge in [-0.3, -0.25) is 9.59 Å². The maximum Gasteiger partial charge on any atom is 0.293 e. The summed E-state index contributed by atoms with van der Waals surface area (Å²) in [6, 6.07) is 10.8. The monoisotopic (exact) mass is 481 g/mol. The molecule has 9 heteroatoms. The summed E-state index contributed by atoms with van der Waals surface area (Å²) in [6.45, 7) is 3.83. The Morgan fingerprint density at radius 3 is 2.58 bits per heavy atom. The standard InChI is InChI=1S/C24H21Cl2N5O2/c1-13-3-7-17(9-14(13)2)31-23-18(11-27-31)22(15-4-5-15)29-30(24(23)33)12-21(32)28-16-6-8-19(25)20(26)10-16/h3,6-11,15H,4-5,12H2,1-2H3,(H,28,32). The van der Waals surface area contributed by atoms with E-state index in [0.29, 0.717) is 21.2 Å². The molecule has 2 aromatic carbocycles. The van der Waals surface area contributed by atoms with Crippen molar-refractivity contribution < 1.29 is 4.79 Å². The van der Waals surface area contributed by atoms with Gasteiger partial charge in [-0.05, 0) is 68.1 Å². The maximum absolute atomic E-state index is 13.4. The molecule has 4 aromatic rings. The fourth-order valence-corrected chi connectivity index (χ4v) is 4.12. The molecule has 1 saturated carbocycles. The van der Waals surface area contributed by atoms with Crippen molar-refractivity contribution in [3.63, 3.8) is 0 Å². The smallest absolute Gasteiger partial charge is 0.293 e. The van der Waals surface area contributed by atoms with Crippen LogP contribution >= 0.6 is 23.2 Å². The number of carbonyl (C=O) groups is 1. The number of carbonyl (C=O) groups excluding carboxylic acids is 1. The predicted octanol–water partition coefficient (Wildman–Crippen LogP) is 5.02. The Kier molecular flexibility index (Phi) is 5.46. The molecule has 33 heavy (non-hydrogen) atoms. The molecule has 1 N–H and O–H groups in total. The molecule has 7 nitrogen and oxygen atoms in total. The van der Waals surface area contributed by atoms with Crippen molar-refractivity contribution in [2.45, 2.75) is 39.2 Å². The molecule has 0 unspecified atom stereocenters. The van der Waals surface area contributed by atoms with Crippen LogP contribution < -0.4 is 10.9 Å². The number of anilines is 1. The first kappa shape index (κ1) is 21.7. The number of fused-ring (bicyclic) bond motifs is 1. The Bertz CT molecular complexity index is 1470. The third-order valence-corrected chi connectivity index (χ3v) is 6.65. The van der Waals surface area contributed by atoms with Crippen LogP contribution in [0.25, 0.3) is 16.6 Å². The summed E-state index contributed by atoms with van der Waals surface area (Å²) in [6.07, 6.45) is 3.71. The number of hydrogen-bond acceptors (Lipinski definition) is 4. The second-order valence-electron chi connectivity index (χ2n) is 8.39. The average molecular weight is 482 g/mol. The molecule has 2 aromatic heterocycles. The minimum absolute atomic E-state index is 0.229. The summed E-state index contributed by atoms with van der Waals surface area (Å²) in [4.78, 5) is 26.2. The van der Waals surface area contributed by atoms with Gasteiger partial charge in [0.05, 0.1) is 27.6 Å². The van der Waals surface area contributed by atoms with Crippen molar-refractivity contribution in [1.29, 1.82) is 0 Å². The van der Waals surface area contributed by atoms with Crippen LogP contribution in [0.3, 0.4) is 0 Å². The van der Waals surface area contributed by atoms with E-state index < -0.39 is 0 Å². The number of amides is 1. The van der Waals surface area contributed by atoms with E-state index in [1.54, 1.807) is 29.1 Å². The lowest BCUT2D eigenvalue weighted by Gasteiger charge is -2.11. The zero-order valence-corrected chi connectivity index (χ0v) is 19.6. The molecule has 5 rings (SSSR count). The van der Waals surface area contributed by atoms with E-state index >= 15 is 0 Å². The molecule has 1 fully saturated rings. The lowest BCUT2D eigenvalue weighted by Crippen LogP contribution is -2.31. The summed E-state index contributed by atoms with van der Waals surface area (Å²) < 4.78 is 2.87. The Labute approximate surface area is 199 Å². The van der Waals surface area contributed by atoms with Crippen molar-refractivity contribution in [3.8, 4) is 5.69 Å². The van der Waals surface area contributed by atoms with Crippen LogP contribution in [0.15, 0.2) is 47.4 Å². The van der Waals surface area contributed by atoms with Gasteiger partial charge >= 0.3 is 0 Å². The van der Waals surface area contributed by atoms with Crippen molar-refractivity contribution in [1.82, 2.24) is 19.6 Å². The second kappa shape index (κ2) is 8.32. The molecule has 0 radical (unpaired) electrons. The number of aromatic nitrogens is 4. The normalized spacial score (nSPS) is 13.5. The number of nitrogens with zero attached hydrogens (tertiary/aromatic N) is 4. The molecule has 1 amide bonds. The summed E-state index contributed by atoms with van der Waals surface area (Å²) >= 11 is 12.0. The Balaban J connectivity index is 1.55. The van der Waals surface area contributed by atoms with Gasteiger partial charge in [0.15, 0.2) is 0 Å². The van der Waals surface area contributed by atoms with Gasteiger partial charge in [0, 0.05) is 17.0 Å². The summed E-state index contributed by atoms with van der Waals surface area (Å²) in [7, 11) is 0. The highest BCUT2D eigenvalue weighted by Crippen LogP contribution is 2.41. The van der Waals surface area contributed by atoms with E-state index in [0.717, 1.165) is 40.7 Å². The van der Waals surface area contributed by atoms with E-state index in [1.165, 1.54) is 4.68 Å². The first-order valence-electron chi connectivity index (χ1n) is 10.6. The van der Waals surface area contributed by atoms with E-state index in [1.807, 2.05) is 32.0 Å². The van der Waals surface area contributed by atoms with Crippen LogP contribution in [0.1, 0.15) is 35.6 Å². The number of nitrogens with one attached hydrogen (secondary N) is 1. The lowest BCUT2D eigenvalue weighted by atomic mass is 10.1. The van der Waals surface area contributed by atoms with Gasteiger partial charge in [0.1, 0.15) is 12.1 Å². The minimum Gasteiger partial charge on any atom is -0.324 e. The third-order valence-electron chi connectivity index (χ3n) is 5.91. The van der Waals surface area contributed by atoms with Crippen LogP contribution in [0, 0.1) is 13.8 Å². The van der Waals surface area contributed by atoms with Crippen LogP contribution in [-0.2, 0) is 11.3 Å². The van der Waals surface area contributed by atoms with Crippen molar-refractivity contribution in [2.75, 3.05) is 5.32 Å². The van der Waals surface area contributed by atoms with Crippen LogP contribution in [0.2, 0.25) is 10.0 Å². The first-order chi connectivity index (χ1) is 15.8. The number of hydrogen-bond donors (Lipinski definition) is 1. The van der Waals surface area contributed by atoms with Gasteiger partial charge in [0.2, 0.25) is 5.91 Å². The quantitative estimate of drug-likeness (QED) is 0.433. The van der Waals surface area contributed by atoms with Gasteiger partial charge in [-0.2, -0.15) is 10.2 Å². The number of halogens is 2. The minimum atomic E-state index is -0.388. The molecule has 2 heterocycles. The van der Waals surface area contributed by atoms with Gasteiger partial charge in [-0.25, -0.2) is 9.36 Å². The zero-order valence-electron chi connectivity index (χ0n) is 18.1. The van der Waals surface area contributed by atoms with Gasteiger partial charge in [-0.15, -0.1) is 0 Å². The fraction of sp³-hybridized carbons (Fsp3) is 0.250. The SMILES string of the molecule is Cc1ccc(-n2ncc3c(C4CC4)nn(CC(=O)Nc4ccc(Cl)c(Cl)c4)c(=O)c32)cc1C. The van der Waals surface area contributed by atoms with Crippen molar-refractivity contribution >= 4 is 45.7 Å². The van der Waals surface area contributed by atoms with Crippen LogP contribution in [0.4, 0.5) is 5.69 Å². The molecule has 1 aliphatic carbocycles. The van der Waals surface area contributed by atoms with E-state index in [4.69, 9.17) is 23.2 Å². The van der Waals surface area contributed by atoms with Crippen LogP contribution in [-0.4, -0.2) is 25.5 Å². The average Bonchev–Trinajstić information content (AvgIpc) is 3.52. The number of benzene rings is 2. The zero-order chi connectivity index (χ0) is 23.3. The van der Waals surface area contributed by atoms with Crippen molar-refractivity contribution in [2.24, 2.45) is 0 Å². The Hall–Kier alpha value is -3.16. The van der Waals surface area contributed by atoms with Gasteiger partial charge in [0.25, 0.3) is 5.56 Å². The van der Waals surface area contributed by atoms with Crippen LogP contribution in [0.5, 0.6) is 0 Å². The summed E-state index contributed by atoms with van der Waals surface area (Å²) in [5, 5.41) is 13.3. The lowest BCUT2D eigenvalue weighted by molar-refractivity contribution is -0.117. The molecule has 0 bridgehead atoms. The largest absolute Gasteiger partial charge is 0.324 e. The molecular weight excluding hydrogens is 461 g/mol. The highest BCUT2D eigenvalue weighted by molar-refractivity contribution is 6.42. The van der Waals surface area contributed by atoms with E-state index in [-0.39, 0.29) is 23.9 Å². The third kappa shape index (κ3) is 4.14. The maximum atomic E-state index is 13.4. The highest BCUT2D eigenvalue weighted by Gasteiger charge is 2.30. The molecule has 0 aliphatic heterocycles. The second-order valence-corrected chi connectivity index (χ2v) is 9.20. The Morgan fingerprint density at radius 1 is 1.09 bits per heavy atom. The molecule has 0 spiro atoms. The van der Waals surface area contributed by atoms with Gasteiger partial charge < -0.3 is 5.32 Å². The first-order valence-corrected chi connectivity index (χ1v) is 11.4. The van der Waals surface area contributed by atoms with E-state index in [9.17, 15) is 9.59 Å². The molecule has 0 saturated heterocycles. The summed E-state index contributed by atoms with van der Waals surface area (Å²) in [5.41, 5.74) is 4.42.